The first kappa shape index (κ1) is 14.9. The smallest absolute Gasteiger partial charge is 0.321 e. The summed E-state index contributed by atoms with van der Waals surface area (Å²) >= 11 is 5.61. The average Bonchev–Trinajstić information content (AvgIpc) is 2.24. The molecule has 0 bridgehead atoms. The van der Waals surface area contributed by atoms with E-state index in [0.717, 1.165) is 18.2 Å². The molecule has 1 aromatic rings. The predicted octanol–water partition coefficient (Wildman–Crippen LogP) is 1.62. The number of carbonyl (C=O) groups is 1. The van der Waals surface area contributed by atoms with Crippen LogP contribution in [-0.2, 0) is 14.8 Å². The Morgan fingerprint density at radius 1 is 1.56 bits per heavy atom. The van der Waals surface area contributed by atoms with E-state index in [4.69, 9.17) is 16.7 Å². The summed E-state index contributed by atoms with van der Waals surface area (Å²) in [6.07, 6.45) is 0.0768. The summed E-state index contributed by atoms with van der Waals surface area (Å²) in [4.78, 5) is 10.4. The SMILES string of the molecule is CCC(NS(=O)(=O)c1ccc(F)cc1Cl)C(=O)O. The third-order valence-electron chi connectivity index (χ3n) is 2.19. The van der Waals surface area contributed by atoms with Gasteiger partial charge in [0.2, 0.25) is 10.0 Å². The molecule has 0 saturated carbocycles. The second-order valence-electron chi connectivity index (χ2n) is 3.50. The highest BCUT2D eigenvalue weighted by Gasteiger charge is 2.25. The molecule has 8 heteroatoms. The van der Waals surface area contributed by atoms with Crippen molar-refractivity contribution < 1.29 is 22.7 Å². The molecule has 0 aliphatic carbocycles. The number of hydrogen-bond donors (Lipinski definition) is 2. The van der Waals surface area contributed by atoms with E-state index in [2.05, 4.69) is 0 Å². The third kappa shape index (κ3) is 3.41. The molecule has 2 N–H and O–H groups in total. The number of nitrogens with one attached hydrogen (secondary N) is 1. The lowest BCUT2D eigenvalue weighted by molar-refractivity contribution is -0.139. The summed E-state index contributed by atoms with van der Waals surface area (Å²) in [6.45, 7) is 1.52. The molecule has 0 radical (unpaired) electrons. The van der Waals surface area contributed by atoms with Crippen molar-refractivity contribution in [2.24, 2.45) is 0 Å². The number of sulfonamides is 1. The Hall–Kier alpha value is -1.18. The first-order valence-corrected chi connectivity index (χ1v) is 6.84. The van der Waals surface area contributed by atoms with Gasteiger partial charge in [0, 0.05) is 0 Å². The van der Waals surface area contributed by atoms with E-state index in [1.165, 1.54) is 6.92 Å². The van der Waals surface area contributed by atoms with Gasteiger partial charge in [-0.05, 0) is 24.6 Å². The van der Waals surface area contributed by atoms with Crippen molar-refractivity contribution in [2.45, 2.75) is 24.3 Å². The van der Waals surface area contributed by atoms with E-state index < -0.39 is 27.9 Å². The lowest BCUT2D eigenvalue weighted by atomic mass is 10.2. The molecule has 5 nitrogen and oxygen atoms in total. The highest BCUT2D eigenvalue weighted by molar-refractivity contribution is 7.89. The fourth-order valence-corrected chi connectivity index (χ4v) is 3.06. The lowest BCUT2D eigenvalue weighted by Crippen LogP contribution is -2.40. The second-order valence-corrected chi connectivity index (χ2v) is 5.58. The number of benzene rings is 1. The minimum Gasteiger partial charge on any atom is -0.480 e. The predicted molar refractivity (Wildman–Crippen MR) is 63.4 cm³/mol. The summed E-state index contributed by atoms with van der Waals surface area (Å²) in [5, 5.41) is 8.47. The topological polar surface area (TPSA) is 83.5 Å². The average molecular weight is 296 g/mol. The van der Waals surface area contributed by atoms with Crippen LogP contribution < -0.4 is 4.72 Å². The van der Waals surface area contributed by atoms with Crippen LogP contribution in [0.1, 0.15) is 13.3 Å². The fraction of sp³-hybridized carbons (Fsp3) is 0.300. The Morgan fingerprint density at radius 2 is 2.17 bits per heavy atom. The molecule has 1 rings (SSSR count). The quantitative estimate of drug-likeness (QED) is 0.864. The van der Waals surface area contributed by atoms with Crippen LogP contribution in [0.5, 0.6) is 0 Å². The normalized spacial score (nSPS) is 13.3. The number of halogens is 2. The molecule has 1 atom stereocenters. The zero-order valence-electron chi connectivity index (χ0n) is 9.35. The highest BCUT2D eigenvalue weighted by Crippen LogP contribution is 2.22. The van der Waals surface area contributed by atoms with E-state index in [1.807, 2.05) is 4.72 Å². The molecule has 0 amide bonds. The minimum atomic E-state index is -4.09. The van der Waals surface area contributed by atoms with Crippen molar-refractivity contribution in [1.29, 1.82) is 0 Å². The van der Waals surface area contributed by atoms with Gasteiger partial charge in [-0.3, -0.25) is 4.79 Å². The molecule has 0 aromatic heterocycles. The molecular weight excluding hydrogens is 285 g/mol. The van der Waals surface area contributed by atoms with Gasteiger partial charge in [-0.2, -0.15) is 4.72 Å². The Balaban J connectivity index is 3.10. The maximum Gasteiger partial charge on any atom is 0.321 e. The van der Waals surface area contributed by atoms with Gasteiger partial charge in [-0.25, -0.2) is 12.8 Å². The van der Waals surface area contributed by atoms with Crippen LogP contribution in [0.4, 0.5) is 4.39 Å². The molecule has 1 aromatic carbocycles. The van der Waals surface area contributed by atoms with Crippen LogP contribution in [0.25, 0.3) is 0 Å². The largest absolute Gasteiger partial charge is 0.480 e. The maximum absolute atomic E-state index is 12.8. The zero-order valence-corrected chi connectivity index (χ0v) is 10.9. The van der Waals surface area contributed by atoms with E-state index in [0.29, 0.717) is 0 Å². The van der Waals surface area contributed by atoms with Crippen molar-refractivity contribution in [3.05, 3.63) is 29.0 Å². The van der Waals surface area contributed by atoms with Crippen molar-refractivity contribution in [2.75, 3.05) is 0 Å². The van der Waals surface area contributed by atoms with Gasteiger partial charge in [-0.15, -0.1) is 0 Å². The Labute approximate surface area is 109 Å². The second kappa shape index (κ2) is 5.64. The standard InChI is InChI=1S/C10H11ClFNO4S/c1-2-8(10(14)15)13-18(16,17)9-4-3-6(12)5-7(9)11/h3-5,8,13H,2H2,1H3,(H,14,15). The Morgan fingerprint density at radius 3 is 2.61 bits per heavy atom. The molecule has 1 unspecified atom stereocenters. The van der Waals surface area contributed by atoms with Gasteiger partial charge >= 0.3 is 5.97 Å². The number of hydrogen-bond acceptors (Lipinski definition) is 3. The summed E-state index contributed by atoms with van der Waals surface area (Å²) in [7, 11) is -4.09. The molecule has 0 aliphatic rings. The van der Waals surface area contributed by atoms with Gasteiger partial charge in [-0.1, -0.05) is 18.5 Å². The molecule has 0 heterocycles. The van der Waals surface area contributed by atoms with Crippen molar-refractivity contribution >= 4 is 27.6 Å². The van der Waals surface area contributed by atoms with Crippen LogP contribution >= 0.6 is 11.6 Å². The molecule has 0 saturated heterocycles. The van der Waals surface area contributed by atoms with Crippen molar-refractivity contribution in [1.82, 2.24) is 4.72 Å². The van der Waals surface area contributed by atoms with E-state index in [-0.39, 0.29) is 16.3 Å². The van der Waals surface area contributed by atoms with Gasteiger partial charge in [0.15, 0.2) is 0 Å². The van der Waals surface area contributed by atoms with Crippen LogP contribution in [0.15, 0.2) is 23.1 Å². The van der Waals surface area contributed by atoms with Crippen LogP contribution in [-0.4, -0.2) is 25.5 Å². The molecule has 0 spiro atoms. The van der Waals surface area contributed by atoms with Crippen LogP contribution in [0.3, 0.4) is 0 Å². The zero-order chi connectivity index (χ0) is 13.9. The molecule has 0 aliphatic heterocycles. The third-order valence-corrected chi connectivity index (χ3v) is 4.14. The monoisotopic (exact) mass is 295 g/mol. The molecule has 0 fully saturated rings. The number of aliphatic carboxylic acids is 1. The van der Waals surface area contributed by atoms with E-state index in [9.17, 15) is 17.6 Å². The van der Waals surface area contributed by atoms with E-state index >= 15 is 0 Å². The molecular formula is C10H11ClFNO4S. The Bertz CT molecular complexity index is 561. The number of carboxylic acids is 1. The van der Waals surface area contributed by atoms with Crippen molar-refractivity contribution in [3.63, 3.8) is 0 Å². The molecule has 18 heavy (non-hydrogen) atoms. The van der Waals surface area contributed by atoms with Gasteiger partial charge in [0.1, 0.15) is 16.8 Å². The van der Waals surface area contributed by atoms with Gasteiger partial charge in [0.05, 0.1) is 5.02 Å². The first-order chi connectivity index (χ1) is 8.27. The summed E-state index contributed by atoms with van der Waals surface area (Å²) < 4.78 is 38.5. The number of rotatable bonds is 5. The van der Waals surface area contributed by atoms with Crippen LogP contribution in [0, 0.1) is 5.82 Å². The lowest BCUT2D eigenvalue weighted by Gasteiger charge is -2.13. The van der Waals surface area contributed by atoms with Crippen LogP contribution in [0.2, 0.25) is 5.02 Å². The van der Waals surface area contributed by atoms with E-state index in [1.54, 1.807) is 0 Å². The summed E-state index contributed by atoms with van der Waals surface area (Å²) in [5.74, 6) is -1.97. The first-order valence-electron chi connectivity index (χ1n) is 4.98. The summed E-state index contributed by atoms with van der Waals surface area (Å²) in [5.41, 5.74) is 0. The Kier molecular flexibility index (Phi) is 4.66. The maximum atomic E-state index is 12.8. The molecule has 100 valence electrons. The highest BCUT2D eigenvalue weighted by atomic mass is 35.5. The van der Waals surface area contributed by atoms with Gasteiger partial charge < -0.3 is 5.11 Å². The van der Waals surface area contributed by atoms with Crippen molar-refractivity contribution in [3.8, 4) is 0 Å². The number of carboxylic acid groups (broad SMARTS) is 1. The summed E-state index contributed by atoms with van der Waals surface area (Å²) in [6, 6.07) is 1.50. The fourth-order valence-electron chi connectivity index (χ4n) is 1.25. The minimum absolute atomic E-state index is 0.0768. The van der Waals surface area contributed by atoms with Gasteiger partial charge in [0.25, 0.3) is 0 Å².